The van der Waals surface area contributed by atoms with Crippen LogP contribution in [0.3, 0.4) is 0 Å². The van der Waals surface area contributed by atoms with Crippen LogP contribution in [0.5, 0.6) is 5.75 Å². The van der Waals surface area contributed by atoms with Crippen molar-refractivity contribution in [3.8, 4) is 5.75 Å². The molecule has 2 rings (SSSR count). The predicted octanol–water partition coefficient (Wildman–Crippen LogP) is -2.86. The van der Waals surface area contributed by atoms with Crippen LogP contribution in [0.1, 0.15) is 18.4 Å². The van der Waals surface area contributed by atoms with Gasteiger partial charge in [-0.25, -0.2) is 0 Å². The molecule has 0 amide bonds. The fourth-order valence-corrected chi connectivity index (χ4v) is 2.50. The molecule has 0 spiro atoms. The Kier molecular flexibility index (Phi) is 4.57. The Bertz CT molecular complexity index is 478. The molecule has 1 saturated heterocycles. The summed E-state index contributed by atoms with van der Waals surface area (Å²) in [6, 6.07) is 1.13. The standard InChI is InChI=1S/C13H20N2O4/c1-2-14-3-5-15(6-4-14)8-12-13(18)11(17)7-10(9-16)19-12/h7,16,18H,2-6,8-9H2,1H3/p+2. The Morgan fingerprint density at radius 2 is 1.89 bits per heavy atom. The maximum atomic E-state index is 11.5. The summed E-state index contributed by atoms with van der Waals surface area (Å²) < 4.78 is 5.37. The van der Waals surface area contributed by atoms with Gasteiger partial charge in [0.05, 0.1) is 6.54 Å². The number of quaternary nitrogens is 2. The fourth-order valence-electron chi connectivity index (χ4n) is 2.50. The summed E-state index contributed by atoms with van der Waals surface area (Å²) in [6.07, 6.45) is 0. The molecule has 1 fully saturated rings. The molecule has 1 aliphatic rings. The van der Waals surface area contributed by atoms with Gasteiger partial charge in [0.15, 0.2) is 0 Å². The molecule has 6 heteroatoms. The smallest absolute Gasteiger partial charge is 0.227 e. The van der Waals surface area contributed by atoms with E-state index in [1.165, 1.54) is 4.90 Å². The Hall–Kier alpha value is -1.37. The van der Waals surface area contributed by atoms with Gasteiger partial charge in [-0.05, 0) is 6.92 Å². The summed E-state index contributed by atoms with van der Waals surface area (Å²) in [5.74, 6) is 0.163. The van der Waals surface area contributed by atoms with Gasteiger partial charge < -0.3 is 24.4 Å². The van der Waals surface area contributed by atoms with Crippen LogP contribution in [-0.2, 0) is 13.2 Å². The molecule has 0 atom stereocenters. The van der Waals surface area contributed by atoms with Crippen molar-refractivity contribution >= 4 is 0 Å². The van der Waals surface area contributed by atoms with Crippen molar-refractivity contribution in [2.45, 2.75) is 20.1 Å². The second kappa shape index (κ2) is 6.18. The third-order valence-corrected chi connectivity index (χ3v) is 3.77. The van der Waals surface area contributed by atoms with Crippen molar-refractivity contribution < 1.29 is 24.4 Å². The van der Waals surface area contributed by atoms with Crippen molar-refractivity contribution in [1.82, 2.24) is 0 Å². The van der Waals surface area contributed by atoms with Gasteiger partial charge in [-0.2, -0.15) is 0 Å². The van der Waals surface area contributed by atoms with Crippen LogP contribution in [0.2, 0.25) is 0 Å². The molecule has 6 nitrogen and oxygen atoms in total. The van der Waals surface area contributed by atoms with E-state index in [2.05, 4.69) is 6.92 Å². The van der Waals surface area contributed by atoms with Crippen molar-refractivity contribution in [2.24, 2.45) is 0 Å². The molecule has 0 bridgehead atoms. The minimum Gasteiger partial charge on any atom is -0.502 e. The first-order valence-electron chi connectivity index (χ1n) is 6.77. The van der Waals surface area contributed by atoms with Crippen LogP contribution in [0.4, 0.5) is 0 Å². The van der Waals surface area contributed by atoms with E-state index < -0.39 is 5.43 Å². The molecule has 1 aliphatic heterocycles. The molecule has 0 aromatic carbocycles. The van der Waals surface area contributed by atoms with Crippen LogP contribution in [-0.4, -0.2) is 42.9 Å². The lowest BCUT2D eigenvalue weighted by Gasteiger charge is -2.28. The number of rotatable bonds is 4. The van der Waals surface area contributed by atoms with Crippen LogP contribution >= 0.6 is 0 Å². The van der Waals surface area contributed by atoms with E-state index in [9.17, 15) is 9.90 Å². The number of hydrogen-bond donors (Lipinski definition) is 4. The largest absolute Gasteiger partial charge is 0.502 e. The van der Waals surface area contributed by atoms with Crippen LogP contribution in [0.25, 0.3) is 0 Å². The lowest BCUT2D eigenvalue weighted by molar-refractivity contribution is -1.02. The van der Waals surface area contributed by atoms with Gasteiger partial charge in [-0.1, -0.05) is 0 Å². The second-order valence-corrected chi connectivity index (χ2v) is 5.04. The minimum absolute atomic E-state index is 0.204. The summed E-state index contributed by atoms with van der Waals surface area (Å²) in [5, 5.41) is 18.8. The van der Waals surface area contributed by atoms with Gasteiger partial charge in [0, 0.05) is 6.07 Å². The highest BCUT2D eigenvalue weighted by Gasteiger charge is 2.24. The maximum Gasteiger partial charge on any atom is 0.227 e. The average molecular weight is 270 g/mol. The minimum atomic E-state index is -0.484. The quantitative estimate of drug-likeness (QED) is 0.475. The van der Waals surface area contributed by atoms with Gasteiger partial charge in [0.2, 0.25) is 16.9 Å². The van der Waals surface area contributed by atoms with Crippen molar-refractivity contribution in [3.63, 3.8) is 0 Å². The molecule has 4 N–H and O–H groups in total. The zero-order chi connectivity index (χ0) is 13.8. The molecular weight excluding hydrogens is 248 g/mol. The molecule has 106 valence electrons. The number of nitrogens with one attached hydrogen (secondary N) is 2. The molecule has 2 heterocycles. The van der Waals surface area contributed by atoms with Crippen LogP contribution in [0.15, 0.2) is 15.3 Å². The molecule has 0 unspecified atom stereocenters. The lowest BCUT2D eigenvalue weighted by atomic mass is 10.2. The van der Waals surface area contributed by atoms with E-state index in [0.29, 0.717) is 6.54 Å². The van der Waals surface area contributed by atoms with Crippen molar-refractivity contribution in [1.29, 1.82) is 0 Å². The third-order valence-electron chi connectivity index (χ3n) is 3.77. The first-order valence-corrected chi connectivity index (χ1v) is 6.77. The van der Waals surface area contributed by atoms with Gasteiger partial charge >= 0.3 is 0 Å². The summed E-state index contributed by atoms with van der Waals surface area (Å²) >= 11 is 0. The molecule has 1 aromatic heterocycles. The van der Waals surface area contributed by atoms with Gasteiger partial charge in [-0.3, -0.25) is 4.79 Å². The Morgan fingerprint density at radius 3 is 2.47 bits per heavy atom. The second-order valence-electron chi connectivity index (χ2n) is 5.04. The topological polar surface area (TPSA) is 79.5 Å². The van der Waals surface area contributed by atoms with E-state index >= 15 is 0 Å². The van der Waals surface area contributed by atoms with E-state index in [4.69, 9.17) is 9.52 Å². The molecular formula is C13H22N2O4+2. The lowest BCUT2D eigenvalue weighted by Crippen LogP contribution is -3.27. The third kappa shape index (κ3) is 3.34. The first-order chi connectivity index (χ1) is 9.13. The molecule has 0 radical (unpaired) electrons. The molecule has 1 aromatic rings. The molecule has 0 aliphatic carbocycles. The zero-order valence-corrected chi connectivity index (χ0v) is 11.2. The number of aliphatic hydroxyl groups is 1. The summed E-state index contributed by atoms with van der Waals surface area (Å²) in [6.45, 7) is 7.65. The number of aromatic hydroxyl groups is 1. The number of piperazine rings is 1. The van der Waals surface area contributed by atoms with Crippen molar-refractivity contribution in [2.75, 3.05) is 32.7 Å². The highest BCUT2D eigenvalue weighted by atomic mass is 16.4. The summed E-state index contributed by atoms with van der Waals surface area (Å²) in [7, 11) is 0. The predicted molar refractivity (Wildman–Crippen MR) is 68.2 cm³/mol. The monoisotopic (exact) mass is 270 g/mol. The zero-order valence-electron chi connectivity index (χ0n) is 11.2. The van der Waals surface area contributed by atoms with Crippen LogP contribution < -0.4 is 15.2 Å². The highest BCUT2D eigenvalue weighted by molar-refractivity contribution is 5.24. The SMILES string of the molecule is CC[NH+]1CC[NH+](Cc2oc(CO)cc(=O)c2O)CC1. The number of likely N-dealkylation sites (N-methyl/N-ethyl adjacent to an activating group) is 1. The number of aliphatic hydroxyl groups excluding tert-OH is 1. The van der Waals surface area contributed by atoms with Gasteiger partial charge in [0.1, 0.15) is 45.1 Å². The van der Waals surface area contributed by atoms with E-state index in [0.717, 1.165) is 38.8 Å². The van der Waals surface area contributed by atoms with E-state index in [-0.39, 0.29) is 23.9 Å². The summed E-state index contributed by atoms with van der Waals surface area (Å²) in [4.78, 5) is 14.4. The first kappa shape index (κ1) is 14.0. The van der Waals surface area contributed by atoms with Gasteiger partial charge in [-0.15, -0.1) is 0 Å². The van der Waals surface area contributed by atoms with E-state index in [1.54, 1.807) is 4.90 Å². The molecule has 0 saturated carbocycles. The Balaban J connectivity index is 2.07. The van der Waals surface area contributed by atoms with Gasteiger partial charge in [0.25, 0.3) is 0 Å². The van der Waals surface area contributed by atoms with Crippen LogP contribution in [0, 0.1) is 0 Å². The summed E-state index contributed by atoms with van der Waals surface area (Å²) in [5.41, 5.74) is -0.484. The van der Waals surface area contributed by atoms with Crippen molar-refractivity contribution in [3.05, 3.63) is 27.8 Å². The molecule has 19 heavy (non-hydrogen) atoms. The maximum absolute atomic E-state index is 11.5. The fraction of sp³-hybridized carbons (Fsp3) is 0.615. The Morgan fingerprint density at radius 1 is 1.26 bits per heavy atom. The normalized spacial score (nSPS) is 23.5. The average Bonchev–Trinajstić information content (AvgIpc) is 2.44. The number of hydrogen-bond acceptors (Lipinski definition) is 4. The highest BCUT2D eigenvalue weighted by Crippen LogP contribution is 2.12. The van der Waals surface area contributed by atoms with E-state index in [1.807, 2.05) is 0 Å². The Labute approximate surface area is 111 Å².